The van der Waals surface area contributed by atoms with Crippen LogP contribution in [0, 0.1) is 11.6 Å². The van der Waals surface area contributed by atoms with Gasteiger partial charge in [-0.3, -0.25) is 4.79 Å². The minimum atomic E-state index is -0.888. The molecule has 0 spiro atoms. The summed E-state index contributed by atoms with van der Waals surface area (Å²) in [7, 11) is 0. The van der Waals surface area contributed by atoms with Gasteiger partial charge in [0.2, 0.25) is 5.91 Å². The van der Waals surface area contributed by atoms with Gasteiger partial charge in [0.1, 0.15) is 5.82 Å². The van der Waals surface area contributed by atoms with Crippen LogP contribution in [0.1, 0.15) is 42.0 Å². The van der Waals surface area contributed by atoms with Crippen molar-refractivity contribution in [1.29, 1.82) is 0 Å². The number of carbonyl (C=O) groups excluding carboxylic acids is 1. The molecule has 2 aliphatic rings. The van der Waals surface area contributed by atoms with Crippen molar-refractivity contribution in [2.24, 2.45) is 0 Å². The van der Waals surface area contributed by atoms with Crippen LogP contribution < -0.4 is 10.2 Å². The maximum absolute atomic E-state index is 14.2. The number of nitrogens with zero attached hydrogens (tertiary/aromatic N) is 2. The second kappa shape index (κ2) is 6.12. The average Bonchev–Trinajstić information content (AvgIpc) is 3.01. The molecule has 0 bridgehead atoms. The standard InChI is InChI=1S/C17H17F2N3OS/c18-12-6-4-5-10(14(12)19)11-9-13(23)20-16-15(11)24-17(21-16)22-7-2-1-3-8-22/h4-6,11H,1-3,7-9H2,(H,20,23)/t11-/m1/s1. The maximum atomic E-state index is 14.2. The number of aromatic nitrogens is 1. The highest BCUT2D eigenvalue weighted by Crippen LogP contribution is 2.44. The molecule has 0 unspecified atom stereocenters. The number of fused-ring (bicyclic) bond motifs is 1. The third-order valence-corrected chi connectivity index (χ3v) is 5.82. The van der Waals surface area contributed by atoms with E-state index in [-0.39, 0.29) is 17.9 Å². The molecule has 1 aromatic carbocycles. The van der Waals surface area contributed by atoms with Crippen LogP contribution in [0.2, 0.25) is 0 Å². The van der Waals surface area contributed by atoms with Crippen LogP contribution in [0.4, 0.5) is 19.7 Å². The molecule has 3 heterocycles. The van der Waals surface area contributed by atoms with Crippen molar-refractivity contribution in [3.63, 3.8) is 0 Å². The number of anilines is 2. The quantitative estimate of drug-likeness (QED) is 0.895. The zero-order valence-electron chi connectivity index (χ0n) is 13.0. The summed E-state index contributed by atoms with van der Waals surface area (Å²) in [5.74, 6) is -1.98. The molecule has 1 N–H and O–H groups in total. The molecule has 2 aromatic rings. The predicted octanol–water partition coefficient (Wildman–Crippen LogP) is 3.89. The van der Waals surface area contributed by atoms with Crippen molar-refractivity contribution in [2.75, 3.05) is 23.3 Å². The second-order valence-corrected chi connectivity index (χ2v) is 7.21. The minimum absolute atomic E-state index is 0.106. The lowest BCUT2D eigenvalue weighted by Crippen LogP contribution is -2.29. The number of halogens is 2. The number of nitrogens with one attached hydrogen (secondary N) is 1. The Morgan fingerprint density at radius 2 is 2.00 bits per heavy atom. The molecular formula is C17H17F2N3OS. The van der Waals surface area contributed by atoms with Gasteiger partial charge in [0.05, 0.1) is 4.88 Å². The Hall–Kier alpha value is -2.02. The molecule has 1 fully saturated rings. The van der Waals surface area contributed by atoms with E-state index in [0.29, 0.717) is 5.82 Å². The van der Waals surface area contributed by atoms with Crippen molar-refractivity contribution >= 4 is 28.2 Å². The largest absolute Gasteiger partial charge is 0.348 e. The molecule has 4 rings (SSSR count). The Labute approximate surface area is 142 Å². The van der Waals surface area contributed by atoms with Crippen LogP contribution >= 0.6 is 11.3 Å². The van der Waals surface area contributed by atoms with Gasteiger partial charge in [0.15, 0.2) is 16.8 Å². The molecule has 0 saturated carbocycles. The van der Waals surface area contributed by atoms with E-state index in [0.717, 1.165) is 42.0 Å². The summed E-state index contributed by atoms with van der Waals surface area (Å²) >= 11 is 1.47. The molecule has 1 saturated heterocycles. The zero-order chi connectivity index (χ0) is 16.7. The van der Waals surface area contributed by atoms with Crippen LogP contribution in [0.3, 0.4) is 0 Å². The number of carbonyl (C=O) groups is 1. The van der Waals surface area contributed by atoms with Gasteiger partial charge in [-0.05, 0) is 30.9 Å². The van der Waals surface area contributed by atoms with Crippen molar-refractivity contribution in [3.8, 4) is 0 Å². The van der Waals surface area contributed by atoms with Crippen molar-refractivity contribution in [2.45, 2.75) is 31.6 Å². The number of amides is 1. The number of benzene rings is 1. The Morgan fingerprint density at radius 1 is 1.21 bits per heavy atom. The highest BCUT2D eigenvalue weighted by atomic mass is 32.1. The van der Waals surface area contributed by atoms with Gasteiger partial charge < -0.3 is 10.2 Å². The molecule has 0 radical (unpaired) electrons. The molecule has 7 heteroatoms. The first-order valence-corrected chi connectivity index (χ1v) is 8.94. The molecule has 1 amide bonds. The van der Waals surface area contributed by atoms with Gasteiger partial charge >= 0.3 is 0 Å². The van der Waals surface area contributed by atoms with Gasteiger partial charge in [0, 0.05) is 25.4 Å². The Balaban J connectivity index is 1.74. The van der Waals surface area contributed by atoms with Gasteiger partial charge in [-0.2, -0.15) is 0 Å². The van der Waals surface area contributed by atoms with E-state index in [4.69, 9.17) is 0 Å². The van der Waals surface area contributed by atoms with E-state index >= 15 is 0 Å². The topological polar surface area (TPSA) is 45.2 Å². The predicted molar refractivity (Wildman–Crippen MR) is 89.6 cm³/mol. The monoisotopic (exact) mass is 349 g/mol. The number of thiazole rings is 1. The molecular weight excluding hydrogens is 332 g/mol. The fourth-order valence-corrected chi connectivity index (χ4v) is 4.56. The fourth-order valence-electron chi connectivity index (χ4n) is 3.37. The average molecular weight is 349 g/mol. The first-order valence-electron chi connectivity index (χ1n) is 8.13. The first-order chi connectivity index (χ1) is 11.6. The molecule has 1 atom stereocenters. The summed E-state index contributed by atoms with van der Waals surface area (Å²) in [4.78, 5) is 19.6. The van der Waals surface area contributed by atoms with E-state index in [2.05, 4.69) is 15.2 Å². The summed E-state index contributed by atoms with van der Waals surface area (Å²) in [6.45, 7) is 1.89. The molecule has 126 valence electrons. The SMILES string of the molecule is O=C1C[C@H](c2cccc(F)c2F)c2sc(N3CCCCC3)nc2N1. The van der Waals surface area contributed by atoms with E-state index in [9.17, 15) is 13.6 Å². The summed E-state index contributed by atoms with van der Waals surface area (Å²) in [6, 6.07) is 4.12. The summed E-state index contributed by atoms with van der Waals surface area (Å²) in [5, 5.41) is 3.62. The maximum Gasteiger partial charge on any atom is 0.226 e. The molecule has 1 aromatic heterocycles. The van der Waals surface area contributed by atoms with Gasteiger partial charge in [-0.1, -0.05) is 23.5 Å². The van der Waals surface area contributed by atoms with Gasteiger partial charge in [-0.25, -0.2) is 13.8 Å². The lowest BCUT2D eigenvalue weighted by Gasteiger charge is -2.25. The van der Waals surface area contributed by atoms with Gasteiger partial charge in [-0.15, -0.1) is 0 Å². The van der Waals surface area contributed by atoms with Crippen LogP contribution in [0.15, 0.2) is 18.2 Å². The normalized spacial score (nSPS) is 20.7. The Bertz CT molecular complexity index is 786. The van der Waals surface area contributed by atoms with Crippen molar-refractivity contribution in [1.82, 2.24) is 4.98 Å². The molecule has 24 heavy (non-hydrogen) atoms. The van der Waals surface area contributed by atoms with E-state index in [1.165, 1.54) is 23.8 Å². The fraction of sp³-hybridized carbons (Fsp3) is 0.412. The third-order valence-electron chi connectivity index (χ3n) is 4.59. The zero-order valence-corrected chi connectivity index (χ0v) is 13.8. The lowest BCUT2D eigenvalue weighted by atomic mass is 9.91. The van der Waals surface area contributed by atoms with Gasteiger partial charge in [0.25, 0.3) is 0 Å². The Morgan fingerprint density at radius 3 is 2.79 bits per heavy atom. The summed E-state index contributed by atoms with van der Waals surface area (Å²) < 4.78 is 27.8. The van der Waals surface area contributed by atoms with Crippen LogP contribution in [-0.2, 0) is 4.79 Å². The summed E-state index contributed by atoms with van der Waals surface area (Å²) in [5.41, 5.74) is 0.222. The highest BCUT2D eigenvalue weighted by molar-refractivity contribution is 7.16. The molecule has 2 aliphatic heterocycles. The third kappa shape index (κ3) is 2.66. The van der Waals surface area contributed by atoms with Crippen LogP contribution in [-0.4, -0.2) is 24.0 Å². The molecule has 0 aliphatic carbocycles. The van der Waals surface area contributed by atoms with Crippen LogP contribution in [0.25, 0.3) is 0 Å². The number of rotatable bonds is 2. The van der Waals surface area contributed by atoms with E-state index in [1.54, 1.807) is 6.07 Å². The summed E-state index contributed by atoms with van der Waals surface area (Å²) in [6.07, 6.45) is 3.57. The number of piperidine rings is 1. The Kier molecular flexibility index (Phi) is 3.96. The van der Waals surface area contributed by atoms with E-state index in [1.807, 2.05) is 0 Å². The molecule has 4 nitrogen and oxygen atoms in total. The lowest BCUT2D eigenvalue weighted by molar-refractivity contribution is -0.116. The van der Waals surface area contributed by atoms with Crippen molar-refractivity contribution in [3.05, 3.63) is 40.3 Å². The highest BCUT2D eigenvalue weighted by Gasteiger charge is 2.33. The first kappa shape index (κ1) is 15.5. The second-order valence-electron chi connectivity index (χ2n) is 6.20. The minimum Gasteiger partial charge on any atom is -0.348 e. The smallest absolute Gasteiger partial charge is 0.226 e. The number of hydrogen-bond acceptors (Lipinski definition) is 4. The number of hydrogen-bond donors (Lipinski definition) is 1. The van der Waals surface area contributed by atoms with Crippen molar-refractivity contribution < 1.29 is 13.6 Å². The van der Waals surface area contributed by atoms with E-state index < -0.39 is 17.6 Å². The van der Waals surface area contributed by atoms with Crippen LogP contribution in [0.5, 0.6) is 0 Å².